The zero-order chi connectivity index (χ0) is 14.5. The molecule has 0 saturated carbocycles. The maximum atomic E-state index is 10.2. The van der Waals surface area contributed by atoms with E-state index in [-0.39, 0.29) is 12.1 Å². The van der Waals surface area contributed by atoms with E-state index in [4.69, 9.17) is 0 Å². The highest BCUT2D eigenvalue weighted by Gasteiger charge is 2.30. The molecule has 2 atom stereocenters. The van der Waals surface area contributed by atoms with Crippen LogP contribution in [-0.4, -0.2) is 35.2 Å². The molecule has 3 nitrogen and oxygen atoms in total. The molecule has 0 aliphatic carbocycles. The van der Waals surface area contributed by atoms with Crippen molar-refractivity contribution in [3.8, 4) is 0 Å². The van der Waals surface area contributed by atoms with Gasteiger partial charge in [0.2, 0.25) is 0 Å². The van der Waals surface area contributed by atoms with E-state index < -0.39 is 0 Å². The highest BCUT2D eigenvalue weighted by Crippen LogP contribution is 2.14. The van der Waals surface area contributed by atoms with E-state index >= 15 is 0 Å². The summed E-state index contributed by atoms with van der Waals surface area (Å²) in [5.41, 5.74) is 2.56. The first-order valence-electron chi connectivity index (χ1n) is 7.53. The van der Waals surface area contributed by atoms with E-state index in [9.17, 15) is 5.11 Å². The van der Waals surface area contributed by atoms with Gasteiger partial charge in [0.15, 0.2) is 0 Å². The number of aliphatic hydroxyl groups excluding tert-OH is 1. The Kier molecular flexibility index (Phi) is 4.65. The third-order valence-corrected chi connectivity index (χ3v) is 4.02. The average molecular weight is 282 g/mol. The molecule has 1 heterocycles. The fourth-order valence-electron chi connectivity index (χ4n) is 2.88. The lowest BCUT2D eigenvalue weighted by molar-refractivity contribution is 0.152. The fraction of sp³-hybridized carbons (Fsp3) is 0.333. The number of hydrogen-bond donors (Lipinski definition) is 2. The van der Waals surface area contributed by atoms with E-state index in [1.807, 2.05) is 24.3 Å². The molecular formula is C18H22N2O. The summed E-state index contributed by atoms with van der Waals surface area (Å²) in [5, 5.41) is 13.7. The SMILES string of the molecule is OC1CN(Cc2ccccc2)CC1NCc1ccccc1. The Hall–Kier alpha value is -1.68. The average Bonchev–Trinajstić information content (AvgIpc) is 2.87. The van der Waals surface area contributed by atoms with Crippen LogP contribution in [0.1, 0.15) is 11.1 Å². The predicted molar refractivity (Wildman–Crippen MR) is 84.8 cm³/mol. The molecule has 1 aliphatic rings. The summed E-state index contributed by atoms with van der Waals surface area (Å²) >= 11 is 0. The van der Waals surface area contributed by atoms with Gasteiger partial charge in [0.05, 0.1) is 6.10 Å². The zero-order valence-corrected chi connectivity index (χ0v) is 12.2. The molecule has 1 saturated heterocycles. The van der Waals surface area contributed by atoms with Crippen LogP contribution in [0.15, 0.2) is 60.7 Å². The minimum Gasteiger partial charge on any atom is -0.390 e. The predicted octanol–water partition coefficient (Wildman–Crippen LogP) is 2.02. The van der Waals surface area contributed by atoms with Gasteiger partial charge in [-0.05, 0) is 11.1 Å². The van der Waals surface area contributed by atoms with Crippen molar-refractivity contribution >= 4 is 0 Å². The smallest absolute Gasteiger partial charge is 0.0832 e. The molecule has 1 aliphatic heterocycles. The molecule has 3 rings (SSSR count). The van der Waals surface area contributed by atoms with Crippen LogP contribution in [-0.2, 0) is 13.1 Å². The van der Waals surface area contributed by atoms with Crippen molar-refractivity contribution in [3.05, 3.63) is 71.8 Å². The Morgan fingerprint density at radius 1 is 0.905 bits per heavy atom. The first-order chi connectivity index (χ1) is 10.3. The number of nitrogens with one attached hydrogen (secondary N) is 1. The van der Waals surface area contributed by atoms with Crippen LogP contribution in [0.5, 0.6) is 0 Å². The molecule has 1 fully saturated rings. The minimum atomic E-state index is -0.294. The van der Waals surface area contributed by atoms with Crippen molar-refractivity contribution in [1.82, 2.24) is 10.2 Å². The Labute approximate surface area is 126 Å². The van der Waals surface area contributed by atoms with Gasteiger partial charge in [-0.3, -0.25) is 4.90 Å². The van der Waals surface area contributed by atoms with Gasteiger partial charge in [-0.15, -0.1) is 0 Å². The maximum Gasteiger partial charge on any atom is 0.0832 e. The number of likely N-dealkylation sites (tertiary alicyclic amines) is 1. The Morgan fingerprint density at radius 3 is 2.19 bits per heavy atom. The lowest BCUT2D eigenvalue weighted by atomic mass is 10.2. The van der Waals surface area contributed by atoms with Crippen LogP contribution in [0.2, 0.25) is 0 Å². The topological polar surface area (TPSA) is 35.5 Å². The lowest BCUT2D eigenvalue weighted by Crippen LogP contribution is -2.38. The first kappa shape index (κ1) is 14.3. The van der Waals surface area contributed by atoms with E-state index in [0.29, 0.717) is 0 Å². The van der Waals surface area contributed by atoms with Gasteiger partial charge in [0, 0.05) is 32.2 Å². The van der Waals surface area contributed by atoms with Gasteiger partial charge < -0.3 is 10.4 Å². The highest BCUT2D eigenvalue weighted by molar-refractivity contribution is 5.16. The molecule has 0 spiro atoms. The highest BCUT2D eigenvalue weighted by atomic mass is 16.3. The molecule has 2 aromatic carbocycles. The first-order valence-corrected chi connectivity index (χ1v) is 7.53. The van der Waals surface area contributed by atoms with Crippen LogP contribution in [0, 0.1) is 0 Å². The molecule has 2 unspecified atom stereocenters. The summed E-state index contributed by atoms with van der Waals surface area (Å²) in [6.45, 7) is 3.34. The number of hydrogen-bond acceptors (Lipinski definition) is 3. The van der Waals surface area contributed by atoms with Crippen molar-refractivity contribution in [1.29, 1.82) is 0 Å². The Bertz CT molecular complexity index is 544. The zero-order valence-electron chi connectivity index (χ0n) is 12.2. The summed E-state index contributed by atoms with van der Waals surface area (Å²) in [5.74, 6) is 0. The normalized spacial score (nSPS) is 22.5. The minimum absolute atomic E-state index is 0.147. The van der Waals surface area contributed by atoms with E-state index in [2.05, 4.69) is 46.6 Å². The second-order valence-electron chi connectivity index (χ2n) is 5.72. The van der Waals surface area contributed by atoms with Gasteiger partial charge in [-0.1, -0.05) is 60.7 Å². The molecule has 110 valence electrons. The number of nitrogens with zero attached hydrogens (tertiary/aromatic N) is 1. The van der Waals surface area contributed by atoms with Crippen molar-refractivity contribution in [2.45, 2.75) is 25.2 Å². The van der Waals surface area contributed by atoms with E-state index in [1.54, 1.807) is 0 Å². The fourth-order valence-corrected chi connectivity index (χ4v) is 2.88. The molecule has 0 radical (unpaired) electrons. The van der Waals surface area contributed by atoms with E-state index in [1.165, 1.54) is 11.1 Å². The van der Waals surface area contributed by atoms with Crippen LogP contribution in [0.25, 0.3) is 0 Å². The number of rotatable bonds is 5. The third-order valence-electron chi connectivity index (χ3n) is 4.02. The van der Waals surface area contributed by atoms with Crippen molar-refractivity contribution < 1.29 is 5.11 Å². The summed E-state index contributed by atoms with van der Waals surface area (Å²) in [4.78, 5) is 2.31. The van der Waals surface area contributed by atoms with Gasteiger partial charge >= 0.3 is 0 Å². The van der Waals surface area contributed by atoms with Gasteiger partial charge in [0.1, 0.15) is 0 Å². The maximum absolute atomic E-state index is 10.2. The third kappa shape index (κ3) is 3.91. The second-order valence-corrected chi connectivity index (χ2v) is 5.72. The van der Waals surface area contributed by atoms with Crippen LogP contribution < -0.4 is 5.32 Å². The summed E-state index contributed by atoms with van der Waals surface area (Å²) in [7, 11) is 0. The molecule has 0 amide bonds. The molecule has 2 aromatic rings. The van der Waals surface area contributed by atoms with E-state index in [0.717, 1.165) is 26.2 Å². The summed E-state index contributed by atoms with van der Waals surface area (Å²) < 4.78 is 0. The summed E-state index contributed by atoms with van der Waals surface area (Å²) in [6.07, 6.45) is -0.294. The van der Waals surface area contributed by atoms with Crippen molar-refractivity contribution in [2.75, 3.05) is 13.1 Å². The molecule has 2 N–H and O–H groups in total. The van der Waals surface area contributed by atoms with Crippen LogP contribution >= 0.6 is 0 Å². The van der Waals surface area contributed by atoms with Crippen molar-refractivity contribution in [3.63, 3.8) is 0 Å². The molecule has 0 aromatic heterocycles. The van der Waals surface area contributed by atoms with Gasteiger partial charge in [-0.2, -0.15) is 0 Å². The lowest BCUT2D eigenvalue weighted by Gasteiger charge is -2.17. The van der Waals surface area contributed by atoms with Gasteiger partial charge in [-0.25, -0.2) is 0 Å². The number of aliphatic hydroxyl groups is 1. The molecular weight excluding hydrogens is 260 g/mol. The Balaban J connectivity index is 1.51. The van der Waals surface area contributed by atoms with Crippen LogP contribution in [0.3, 0.4) is 0 Å². The molecule has 21 heavy (non-hydrogen) atoms. The monoisotopic (exact) mass is 282 g/mol. The number of benzene rings is 2. The van der Waals surface area contributed by atoms with Crippen molar-refractivity contribution in [2.24, 2.45) is 0 Å². The largest absolute Gasteiger partial charge is 0.390 e. The summed E-state index contributed by atoms with van der Waals surface area (Å²) in [6, 6.07) is 20.9. The quantitative estimate of drug-likeness (QED) is 0.881. The standard InChI is InChI=1S/C18H22N2O/c21-18-14-20(12-16-9-5-2-6-10-16)13-17(18)19-11-15-7-3-1-4-8-15/h1-10,17-19,21H,11-14H2. The van der Waals surface area contributed by atoms with Crippen LogP contribution in [0.4, 0.5) is 0 Å². The Morgan fingerprint density at radius 2 is 1.52 bits per heavy atom. The molecule has 3 heteroatoms. The van der Waals surface area contributed by atoms with Gasteiger partial charge in [0.25, 0.3) is 0 Å². The number of β-amino-alcohol motifs (C(OH)–C–C–N with tert-alkyl or cyclic N) is 1. The molecule has 0 bridgehead atoms. The second kappa shape index (κ2) is 6.85.